The summed E-state index contributed by atoms with van der Waals surface area (Å²) in [5, 5.41) is 23.0. The molecule has 6 rings (SSSR count). The zero-order valence-electron chi connectivity index (χ0n) is 26.7. The third-order valence-electron chi connectivity index (χ3n) is 8.25. The number of rotatable bonds is 9. The first-order chi connectivity index (χ1) is 23.2. The Balaban J connectivity index is 0.925. The topological polar surface area (TPSA) is 148 Å². The SMILES string of the molecule is Cc1ccc(NC(=O)Nc2ccc(-c3nc(CN4CCN(CC(=O)N/N=C/c5cc6c(cc5O)OC(=O)CC6C)CC4)cs3)cc2)cc1. The maximum atomic E-state index is 12.5. The molecule has 0 spiro atoms. The number of fused-ring (bicyclic) bond motifs is 1. The van der Waals surface area contributed by atoms with Crippen LogP contribution in [0.1, 0.15) is 41.6 Å². The van der Waals surface area contributed by atoms with Gasteiger partial charge in [0.15, 0.2) is 0 Å². The Morgan fingerprint density at radius 2 is 1.69 bits per heavy atom. The number of amides is 3. The Morgan fingerprint density at radius 1 is 1.02 bits per heavy atom. The molecule has 13 heteroatoms. The van der Waals surface area contributed by atoms with Gasteiger partial charge in [0.05, 0.1) is 24.9 Å². The zero-order valence-corrected chi connectivity index (χ0v) is 27.5. The summed E-state index contributed by atoms with van der Waals surface area (Å²) in [7, 11) is 0. The van der Waals surface area contributed by atoms with Gasteiger partial charge < -0.3 is 20.5 Å². The zero-order chi connectivity index (χ0) is 33.6. The molecule has 48 heavy (non-hydrogen) atoms. The second-order valence-corrected chi connectivity index (χ2v) is 12.9. The number of thiazole rings is 1. The number of piperazine rings is 1. The molecular formula is C35H37N7O5S. The monoisotopic (exact) mass is 667 g/mol. The predicted molar refractivity (Wildman–Crippen MR) is 186 cm³/mol. The standard InChI is InChI=1S/C35H37N7O5S/c1-22-3-7-26(8-4-22)38-35(46)39-27-9-5-24(6-10-27)34-37-28(21-48-34)19-41-11-13-42(14-12-41)20-32(44)40-36-18-25-16-29-23(2)15-33(45)47-31(29)17-30(25)43/h3-10,16-18,21,23,43H,11-15,19-20H2,1-2H3,(H,40,44)(H2,38,39,46)/b36-18+. The van der Waals surface area contributed by atoms with Gasteiger partial charge in [-0.2, -0.15) is 5.10 Å². The van der Waals surface area contributed by atoms with E-state index in [4.69, 9.17) is 9.72 Å². The van der Waals surface area contributed by atoms with E-state index < -0.39 is 0 Å². The van der Waals surface area contributed by atoms with Crippen LogP contribution in [0.3, 0.4) is 0 Å². The van der Waals surface area contributed by atoms with Crippen LogP contribution >= 0.6 is 11.3 Å². The molecule has 4 N–H and O–H groups in total. The second-order valence-electron chi connectivity index (χ2n) is 12.0. The highest BCUT2D eigenvalue weighted by atomic mass is 32.1. The number of benzene rings is 3. The first-order valence-electron chi connectivity index (χ1n) is 15.7. The summed E-state index contributed by atoms with van der Waals surface area (Å²) in [6, 6.07) is 18.1. The summed E-state index contributed by atoms with van der Waals surface area (Å²) in [6.45, 7) is 7.95. The minimum Gasteiger partial charge on any atom is -0.507 e. The number of aromatic nitrogens is 1. The summed E-state index contributed by atoms with van der Waals surface area (Å²) in [6.07, 6.45) is 1.67. The van der Waals surface area contributed by atoms with Crippen molar-refractivity contribution in [1.29, 1.82) is 0 Å². The molecule has 1 unspecified atom stereocenters. The summed E-state index contributed by atoms with van der Waals surface area (Å²) < 4.78 is 5.22. The molecule has 248 valence electrons. The number of aromatic hydroxyl groups is 1. The van der Waals surface area contributed by atoms with Gasteiger partial charge >= 0.3 is 12.0 Å². The number of nitrogens with zero attached hydrogens (tertiary/aromatic N) is 4. The number of ether oxygens (including phenoxy) is 1. The molecule has 1 saturated heterocycles. The van der Waals surface area contributed by atoms with Crippen LogP contribution in [-0.4, -0.2) is 76.7 Å². The molecule has 1 fully saturated rings. The molecule has 1 aromatic heterocycles. The van der Waals surface area contributed by atoms with Crippen LogP contribution in [0.4, 0.5) is 16.2 Å². The van der Waals surface area contributed by atoms with E-state index in [0.717, 1.165) is 65.8 Å². The Kier molecular flexibility index (Phi) is 10.1. The van der Waals surface area contributed by atoms with Gasteiger partial charge in [0.1, 0.15) is 16.5 Å². The van der Waals surface area contributed by atoms with Crippen LogP contribution in [-0.2, 0) is 16.1 Å². The number of hydrazone groups is 1. The Bertz CT molecular complexity index is 1820. The van der Waals surface area contributed by atoms with Gasteiger partial charge in [-0.25, -0.2) is 15.2 Å². The third-order valence-corrected chi connectivity index (χ3v) is 9.19. The molecule has 0 saturated carbocycles. The normalized spacial score (nSPS) is 16.7. The Labute approximate surface area is 282 Å². The highest BCUT2D eigenvalue weighted by molar-refractivity contribution is 7.13. The maximum absolute atomic E-state index is 12.5. The van der Waals surface area contributed by atoms with Crippen LogP contribution < -0.4 is 20.8 Å². The molecule has 4 aromatic rings. The van der Waals surface area contributed by atoms with Gasteiger partial charge in [-0.15, -0.1) is 11.3 Å². The fourth-order valence-corrected chi connectivity index (χ4v) is 6.41. The van der Waals surface area contributed by atoms with Crippen molar-refractivity contribution in [3.05, 3.63) is 88.4 Å². The minimum atomic E-state index is -0.323. The van der Waals surface area contributed by atoms with E-state index in [-0.39, 0.29) is 42.5 Å². The lowest BCUT2D eigenvalue weighted by molar-refractivity contribution is -0.135. The first kappa shape index (κ1) is 32.8. The van der Waals surface area contributed by atoms with Crippen molar-refractivity contribution >= 4 is 46.8 Å². The number of carbonyl (C=O) groups is 3. The number of phenolic OH excluding ortho intramolecular Hbond substituents is 1. The largest absolute Gasteiger partial charge is 0.507 e. The molecule has 0 radical (unpaired) electrons. The lowest BCUT2D eigenvalue weighted by Gasteiger charge is -2.33. The average molecular weight is 668 g/mol. The van der Waals surface area contributed by atoms with Crippen LogP contribution in [0.2, 0.25) is 0 Å². The fraction of sp³-hybridized carbons (Fsp3) is 0.286. The van der Waals surface area contributed by atoms with E-state index in [2.05, 4.69) is 36.3 Å². The number of nitrogens with one attached hydrogen (secondary N) is 3. The molecule has 12 nitrogen and oxygen atoms in total. The number of carbonyl (C=O) groups excluding carboxylic acids is 3. The van der Waals surface area contributed by atoms with Gasteiger partial charge in [-0.05, 0) is 60.9 Å². The number of urea groups is 1. The minimum absolute atomic E-state index is 0.0348. The lowest BCUT2D eigenvalue weighted by Crippen LogP contribution is -2.48. The van der Waals surface area contributed by atoms with Crippen molar-refractivity contribution in [3.8, 4) is 22.1 Å². The van der Waals surface area contributed by atoms with E-state index in [0.29, 0.717) is 17.0 Å². The van der Waals surface area contributed by atoms with Crippen LogP contribution in [0.25, 0.3) is 10.6 Å². The Hall–Kier alpha value is -5.11. The number of esters is 1. The lowest BCUT2D eigenvalue weighted by atomic mass is 9.93. The summed E-state index contributed by atoms with van der Waals surface area (Å²) in [4.78, 5) is 45.8. The average Bonchev–Trinajstić information content (AvgIpc) is 3.52. The molecule has 3 heterocycles. The van der Waals surface area contributed by atoms with Crippen molar-refractivity contribution < 1.29 is 24.2 Å². The van der Waals surface area contributed by atoms with E-state index in [1.54, 1.807) is 17.4 Å². The first-order valence-corrected chi connectivity index (χ1v) is 16.6. The van der Waals surface area contributed by atoms with Gasteiger partial charge in [-0.3, -0.25) is 19.4 Å². The maximum Gasteiger partial charge on any atom is 0.323 e. The van der Waals surface area contributed by atoms with Crippen LogP contribution in [0.15, 0.2) is 71.1 Å². The summed E-state index contributed by atoms with van der Waals surface area (Å²) in [5.74, 6) is -0.323. The number of hydrogen-bond donors (Lipinski definition) is 4. The quantitative estimate of drug-likeness (QED) is 0.0830. The smallest absolute Gasteiger partial charge is 0.323 e. The second kappa shape index (κ2) is 14.8. The van der Waals surface area contributed by atoms with Gasteiger partial charge in [0.25, 0.3) is 5.91 Å². The van der Waals surface area contributed by atoms with E-state index in [1.165, 1.54) is 12.3 Å². The van der Waals surface area contributed by atoms with Crippen LogP contribution in [0, 0.1) is 6.92 Å². The van der Waals surface area contributed by atoms with Crippen molar-refractivity contribution in [1.82, 2.24) is 20.2 Å². The summed E-state index contributed by atoms with van der Waals surface area (Å²) >= 11 is 1.59. The van der Waals surface area contributed by atoms with Crippen molar-refractivity contribution in [2.45, 2.75) is 32.7 Å². The van der Waals surface area contributed by atoms with Gasteiger partial charge in [-0.1, -0.05) is 24.6 Å². The number of hydrogen-bond acceptors (Lipinski definition) is 10. The van der Waals surface area contributed by atoms with Crippen molar-refractivity contribution in [2.75, 3.05) is 43.4 Å². The number of anilines is 2. The number of phenols is 1. The molecule has 3 amide bonds. The number of aryl methyl sites for hydroxylation is 1. The van der Waals surface area contributed by atoms with Crippen molar-refractivity contribution in [3.63, 3.8) is 0 Å². The molecule has 0 aliphatic carbocycles. The van der Waals surface area contributed by atoms with E-state index in [9.17, 15) is 19.5 Å². The molecule has 2 aliphatic heterocycles. The van der Waals surface area contributed by atoms with E-state index in [1.807, 2.05) is 62.4 Å². The fourth-order valence-electron chi connectivity index (χ4n) is 5.59. The highest BCUT2D eigenvalue weighted by Gasteiger charge is 2.25. The van der Waals surface area contributed by atoms with Gasteiger partial charge in [0.2, 0.25) is 0 Å². The third kappa shape index (κ3) is 8.42. The Morgan fingerprint density at radius 3 is 2.40 bits per heavy atom. The van der Waals surface area contributed by atoms with E-state index >= 15 is 0 Å². The molecule has 3 aromatic carbocycles. The molecular weight excluding hydrogens is 630 g/mol. The van der Waals surface area contributed by atoms with Crippen molar-refractivity contribution in [2.24, 2.45) is 5.10 Å². The van der Waals surface area contributed by atoms with Gasteiger partial charge in [0, 0.05) is 66.7 Å². The molecule has 1 atom stereocenters. The highest BCUT2D eigenvalue weighted by Crippen LogP contribution is 2.37. The van der Waals surface area contributed by atoms with Crippen LogP contribution in [0.5, 0.6) is 11.5 Å². The molecule has 2 aliphatic rings. The predicted octanol–water partition coefficient (Wildman–Crippen LogP) is 5.15. The molecule has 0 bridgehead atoms. The summed E-state index contributed by atoms with van der Waals surface area (Å²) in [5.41, 5.74) is 8.32.